The summed E-state index contributed by atoms with van der Waals surface area (Å²) >= 11 is 1.77. The molecule has 0 amide bonds. The predicted molar refractivity (Wildman–Crippen MR) is 88.2 cm³/mol. The monoisotopic (exact) mass is 313 g/mol. The van der Waals surface area contributed by atoms with E-state index in [-0.39, 0.29) is 22.1 Å². The molecule has 0 saturated heterocycles. The smallest absolute Gasteiger partial charge is 0.353 e. The number of nitrogens with zero attached hydrogens (tertiary/aromatic N) is 3. The molecule has 0 atom stereocenters. The molecule has 0 saturated carbocycles. The molecule has 1 aromatic heterocycles. The van der Waals surface area contributed by atoms with Crippen LogP contribution in [-0.2, 0) is 0 Å². The second kappa shape index (κ2) is 8.02. The van der Waals surface area contributed by atoms with Crippen LogP contribution in [0.15, 0.2) is 6.33 Å². The highest BCUT2D eigenvalue weighted by Crippen LogP contribution is 2.33. The van der Waals surface area contributed by atoms with Gasteiger partial charge in [-0.25, -0.2) is 9.97 Å². The summed E-state index contributed by atoms with van der Waals surface area (Å²) in [5.41, 5.74) is -0.0958. The van der Waals surface area contributed by atoms with Gasteiger partial charge in [-0.05, 0) is 26.0 Å². The van der Waals surface area contributed by atoms with Crippen molar-refractivity contribution in [1.29, 1.82) is 0 Å². The largest absolute Gasteiger partial charge is 0.364 e. The molecule has 0 aliphatic carbocycles. The van der Waals surface area contributed by atoms with E-state index in [0.29, 0.717) is 13.1 Å². The van der Waals surface area contributed by atoms with E-state index in [1.165, 1.54) is 6.33 Å². The van der Waals surface area contributed by atoms with Crippen molar-refractivity contribution in [3.8, 4) is 0 Å². The highest BCUT2D eigenvalue weighted by Gasteiger charge is 2.28. The van der Waals surface area contributed by atoms with Gasteiger partial charge in [-0.1, -0.05) is 13.8 Å². The number of hydrogen-bond acceptors (Lipinski definition) is 7. The van der Waals surface area contributed by atoms with Crippen LogP contribution in [0.3, 0.4) is 0 Å². The van der Waals surface area contributed by atoms with Crippen LogP contribution in [0.4, 0.5) is 17.3 Å². The van der Waals surface area contributed by atoms with Gasteiger partial charge in [0, 0.05) is 17.8 Å². The van der Waals surface area contributed by atoms with Gasteiger partial charge in [0.1, 0.15) is 6.33 Å². The first-order valence-corrected chi connectivity index (χ1v) is 8.28. The van der Waals surface area contributed by atoms with E-state index in [9.17, 15) is 10.1 Å². The van der Waals surface area contributed by atoms with E-state index in [2.05, 4.69) is 40.7 Å². The SMILES string of the molecule is CCNc1ncnc(NCC(CC)(CC)SC)c1[N+](=O)[O-]. The molecule has 0 bridgehead atoms. The molecule has 118 valence electrons. The first-order valence-electron chi connectivity index (χ1n) is 7.05. The maximum atomic E-state index is 11.3. The van der Waals surface area contributed by atoms with Crippen LogP contribution in [0.1, 0.15) is 33.6 Å². The van der Waals surface area contributed by atoms with Crippen LogP contribution in [0.25, 0.3) is 0 Å². The summed E-state index contributed by atoms with van der Waals surface area (Å²) < 4.78 is 0.0527. The van der Waals surface area contributed by atoms with Crippen molar-refractivity contribution in [1.82, 2.24) is 9.97 Å². The Hall–Kier alpha value is -1.57. The molecule has 0 aromatic carbocycles. The van der Waals surface area contributed by atoms with Crippen molar-refractivity contribution < 1.29 is 4.92 Å². The first-order chi connectivity index (χ1) is 10.0. The third-order valence-electron chi connectivity index (χ3n) is 3.65. The number of nitrogens with one attached hydrogen (secondary N) is 2. The number of nitro groups is 1. The Morgan fingerprint density at radius 1 is 1.24 bits per heavy atom. The van der Waals surface area contributed by atoms with E-state index in [0.717, 1.165) is 12.8 Å². The van der Waals surface area contributed by atoms with Gasteiger partial charge in [-0.2, -0.15) is 11.8 Å². The third kappa shape index (κ3) is 4.20. The second-order valence-electron chi connectivity index (χ2n) is 4.65. The van der Waals surface area contributed by atoms with E-state index in [4.69, 9.17) is 0 Å². The lowest BCUT2D eigenvalue weighted by molar-refractivity contribution is -0.383. The van der Waals surface area contributed by atoms with Crippen LogP contribution >= 0.6 is 11.8 Å². The molecule has 0 aliphatic heterocycles. The number of anilines is 2. The summed E-state index contributed by atoms with van der Waals surface area (Å²) in [4.78, 5) is 18.8. The van der Waals surface area contributed by atoms with Crippen molar-refractivity contribution in [2.75, 3.05) is 30.0 Å². The van der Waals surface area contributed by atoms with Crippen LogP contribution in [0.5, 0.6) is 0 Å². The van der Waals surface area contributed by atoms with Gasteiger partial charge in [0.15, 0.2) is 0 Å². The van der Waals surface area contributed by atoms with E-state index in [1.807, 2.05) is 6.92 Å². The molecule has 1 heterocycles. The van der Waals surface area contributed by atoms with Crippen molar-refractivity contribution in [2.45, 2.75) is 38.4 Å². The highest BCUT2D eigenvalue weighted by atomic mass is 32.2. The maximum Gasteiger partial charge on any atom is 0.353 e. The molecule has 1 aromatic rings. The minimum atomic E-state index is -0.445. The van der Waals surface area contributed by atoms with Crippen molar-refractivity contribution in [2.24, 2.45) is 0 Å². The lowest BCUT2D eigenvalue weighted by atomic mass is 10.0. The van der Waals surface area contributed by atoms with E-state index >= 15 is 0 Å². The van der Waals surface area contributed by atoms with Gasteiger partial charge in [0.25, 0.3) is 0 Å². The fourth-order valence-corrected chi connectivity index (χ4v) is 2.88. The first kappa shape index (κ1) is 17.5. The fourth-order valence-electron chi connectivity index (χ4n) is 2.08. The second-order valence-corrected chi connectivity index (χ2v) is 5.93. The van der Waals surface area contributed by atoms with Gasteiger partial charge >= 0.3 is 5.69 Å². The number of aromatic nitrogens is 2. The summed E-state index contributed by atoms with van der Waals surface area (Å²) in [6.45, 7) is 7.31. The van der Waals surface area contributed by atoms with Crippen molar-refractivity contribution in [3.63, 3.8) is 0 Å². The van der Waals surface area contributed by atoms with Crippen LogP contribution in [0, 0.1) is 10.1 Å². The zero-order chi connectivity index (χ0) is 15.9. The number of thioether (sulfide) groups is 1. The molecule has 0 fully saturated rings. The molecule has 2 N–H and O–H groups in total. The Labute approximate surface area is 129 Å². The Morgan fingerprint density at radius 2 is 1.81 bits per heavy atom. The van der Waals surface area contributed by atoms with Crippen molar-refractivity contribution in [3.05, 3.63) is 16.4 Å². The Kier molecular flexibility index (Phi) is 6.67. The molecule has 0 spiro atoms. The molecule has 1 rings (SSSR count). The zero-order valence-electron chi connectivity index (χ0n) is 13.0. The maximum absolute atomic E-state index is 11.3. The summed E-state index contributed by atoms with van der Waals surface area (Å²) in [7, 11) is 0. The van der Waals surface area contributed by atoms with E-state index in [1.54, 1.807) is 11.8 Å². The molecule has 8 heteroatoms. The lowest BCUT2D eigenvalue weighted by Crippen LogP contribution is -2.32. The third-order valence-corrected chi connectivity index (χ3v) is 5.24. The normalized spacial score (nSPS) is 11.2. The minimum absolute atomic E-state index is 0.0527. The summed E-state index contributed by atoms with van der Waals surface area (Å²) in [6.07, 6.45) is 5.37. The van der Waals surface area contributed by atoms with Crippen LogP contribution < -0.4 is 10.6 Å². The quantitative estimate of drug-likeness (QED) is 0.534. The standard InChI is InChI=1S/C13H23N5O2S/c1-5-13(6-2,21-4)8-15-12-10(18(19)20)11(14-7-3)16-9-17-12/h9H,5-8H2,1-4H3,(H2,14,15,16,17). The molecule has 0 radical (unpaired) electrons. The molecular weight excluding hydrogens is 290 g/mol. The number of hydrogen-bond donors (Lipinski definition) is 2. The van der Waals surface area contributed by atoms with Gasteiger partial charge < -0.3 is 10.6 Å². The molecule has 7 nitrogen and oxygen atoms in total. The lowest BCUT2D eigenvalue weighted by Gasteiger charge is -2.29. The molecule has 21 heavy (non-hydrogen) atoms. The summed E-state index contributed by atoms with van der Waals surface area (Å²) in [5, 5.41) is 17.3. The Bertz CT molecular complexity index is 471. The average molecular weight is 313 g/mol. The van der Waals surface area contributed by atoms with Gasteiger partial charge in [-0.3, -0.25) is 10.1 Å². The molecular formula is C13H23N5O2S. The number of rotatable bonds is 9. The van der Waals surface area contributed by atoms with Crippen LogP contribution in [0.2, 0.25) is 0 Å². The predicted octanol–water partition coefficient (Wildman–Crippen LogP) is 3.15. The summed E-state index contributed by atoms with van der Waals surface area (Å²) in [6, 6.07) is 0. The van der Waals surface area contributed by atoms with Gasteiger partial charge in [0.05, 0.1) is 4.92 Å². The van der Waals surface area contributed by atoms with E-state index < -0.39 is 4.92 Å². The average Bonchev–Trinajstić information content (AvgIpc) is 2.49. The zero-order valence-corrected chi connectivity index (χ0v) is 13.8. The highest BCUT2D eigenvalue weighted by molar-refractivity contribution is 8.00. The van der Waals surface area contributed by atoms with Crippen LogP contribution in [-0.4, -0.2) is 39.0 Å². The minimum Gasteiger partial charge on any atom is -0.364 e. The van der Waals surface area contributed by atoms with Crippen molar-refractivity contribution >= 4 is 29.1 Å². The molecule has 0 unspecified atom stereocenters. The topological polar surface area (TPSA) is 93.0 Å². The summed E-state index contributed by atoms with van der Waals surface area (Å²) in [5.74, 6) is 0.522. The Balaban J connectivity index is 3.02. The fraction of sp³-hybridized carbons (Fsp3) is 0.692. The Morgan fingerprint density at radius 3 is 2.24 bits per heavy atom. The van der Waals surface area contributed by atoms with Gasteiger partial charge in [-0.15, -0.1) is 0 Å². The van der Waals surface area contributed by atoms with Gasteiger partial charge in [0.2, 0.25) is 11.6 Å². The molecule has 0 aliphatic rings.